The number of nitrogens with two attached hydrogens (primary N) is 2. The number of para-hydroxylation sites is 1. The molecule has 0 aliphatic rings. The summed E-state index contributed by atoms with van der Waals surface area (Å²) in [7, 11) is -4.07. The second-order valence-corrected chi connectivity index (χ2v) is 4.62. The van der Waals surface area contributed by atoms with Crippen molar-refractivity contribution < 1.29 is 12.8 Å². The first-order valence-corrected chi connectivity index (χ1v) is 5.94. The smallest absolute Gasteiger partial charge is 0.284 e. The Balaban J connectivity index is 2.63. The van der Waals surface area contributed by atoms with Crippen LogP contribution in [0.3, 0.4) is 0 Å². The van der Waals surface area contributed by atoms with E-state index in [1.165, 1.54) is 18.2 Å². The third-order valence-electron chi connectivity index (χ3n) is 1.95. The Morgan fingerprint density at radius 2 is 1.94 bits per heavy atom. The van der Waals surface area contributed by atoms with Crippen molar-refractivity contribution in [2.45, 2.75) is 5.16 Å². The van der Waals surface area contributed by atoms with Gasteiger partial charge >= 0.3 is 0 Å². The predicted octanol–water partition coefficient (Wildman–Crippen LogP) is -0.364. The lowest BCUT2D eigenvalue weighted by molar-refractivity contribution is 0.585. The van der Waals surface area contributed by atoms with Crippen LogP contribution in [0, 0.1) is 5.82 Å². The highest BCUT2D eigenvalue weighted by Crippen LogP contribution is 2.16. The molecule has 2 rings (SSSR count). The Kier molecular flexibility index (Phi) is 2.56. The quantitative estimate of drug-likeness (QED) is 0.761. The predicted molar refractivity (Wildman–Crippen MR) is 57.1 cm³/mol. The number of primary sulfonamides is 1. The third-order valence-corrected chi connectivity index (χ3v) is 2.63. The summed E-state index contributed by atoms with van der Waals surface area (Å²) < 4.78 is 36.3. The molecular formula is C8H8FN5O2S. The molecule has 7 nitrogen and oxygen atoms in total. The zero-order valence-corrected chi connectivity index (χ0v) is 9.22. The fraction of sp³-hybridized carbons (Fsp3) is 0. The first-order chi connectivity index (χ1) is 7.89. The van der Waals surface area contributed by atoms with E-state index < -0.39 is 21.0 Å². The van der Waals surface area contributed by atoms with Gasteiger partial charge in [-0.3, -0.25) is 0 Å². The molecule has 1 heterocycles. The molecule has 4 N–H and O–H groups in total. The van der Waals surface area contributed by atoms with Crippen LogP contribution in [0.2, 0.25) is 0 Å². The molecule has 0 aliphatic heterocycles. The lowest BCUT2D eigenvalue weighted by Crippen LogP contribution is -2.14. The normalized spacial score (nSPS) is 11.6. The highest BCUT2D eigenvalue weighted by Gasteiger charge is 2.19. The average Bonchev–Trinajstić information content (AvgIpc) is 2.61. The second kappa shape index (κ2) is 3.79. The van der Waals surface area contributed by atoms with Gasteiger partial charge in [-0.2, -0.15) is 9.67 Å². The molecule has 17 heavy (non-hydrogen) atoms. The number of nitrogens with zero attached hydrogens (tertiary/aromatic N) is 3. The summed E-state index contributed by atoms with van der Waals surface area (Å²) in [6.45, 7) is 0. The van der Waals surface area contributed by atoms with Crippen LogP contribution in [0.15, 0.2) is 29.4 Å². The number of anilines is 1. The van der Waals surface area contributed by atoms with Crippen molar-refractivity contribution in [3.8, 4) is 5.69 Å². The Morgan fingerprint density at radius 3 is 2.47 bits per heavy atom. The molecule has 0 unspecified atom stereocenters. The van der Waals surface area contributed by atoms with Crippen LogP contribution in [0.1, 0.15) is 0 Å². The molecule has 0 saturated heterocycles. The molecule has 0 saturated carbocycles. The van der Waals surface area contributed by atoms with Gasteiger partial charge in [0.2, 0.25) is 5.95 Å². The first kappa shape index (κ1) is 11.5. The summed E-state index contributed by atoms with van der Waals surface area (Å²) in [5.41, 5.74) is 5.43. The van der Waals surface area contributed by atoms with E-state index in [1.807, 2.05) is 0 Å². The fourth-order valence-corrected chi connectivity index (χ4v) is 1.64. The van der Waals surface area contributed by atoms with Crippen molar-refractivity contribution >= 4 is 16.0 Å². The van der Waals surface area contributed by atoms with E-state index in [4.69, 9.17) is 10.9 Å². The van der Waals surface area contributed by atoms with E-state index in [1.54, 1.807) is 6.07 Å². The molecule has 0 atom stereocenters. The molecule has 0 aliphatic carbocycles. The van der Waals surface area contributed by atoms with Crippen molar-refractivity contribution in [2.24, 2.45) is 5.14 Å². The van der Waals surface area contributed by atoms with E-state index in [2.05, 4.69) is 10.1 Å². The van der Waals surface area contributed by atoms with Gasteiger partial charge in [-0.15, -0.1) is 5.10 Å². The van der Waals surface area contributed by atoms with Gasteiger partial charge in [0, 0.05) is 0 Å². The van der Waals surface area contributed by atoms with E-state index in [0.29, 0.717) is 0 Å². The monoisotopic (exact) mass is 257 g/mol. The fourth-order valence-electron chi connectivity index (χ4n) is 1.23. The molecule has 1 aromatic heterocycles. The van der Waals surface area contributed by atoms with Crippen LogP contribution in [0.5, 0.6) is 0 Å². The second-order valence-electron chi connectivity index (χ2n) is 3.16. The lowest BCUT2D eigenvalue weighted by atomic mass is 10.3. The minimum absolute atomic E-state index is 0.00704. The van der Waals surface area contributed by atoms with Crippen molar-refractivity contribution in [1.29, 1.82) is 0 Å². The van der Waals surface area contributed by atoms with Crippen LogP contribution in [0.4, 0.5) is 10.3 Å². The maximum atomic E-state index is 13.4. The number of rotatable bonds is 2. The number of sulfonamides is 1. The average molecular weight is 257 g/mol. The van der Waals surface area contributed by atoms with Crippen LogP contribution in [-0.2, 0) is 10.0 Å². The van der Waals surface area contributed by atoms with Crippen molar-refractivity contribution in [3.05, 3.63) is 30.1 Å². The molecule has 1 aromatic carbocycles. The van der Waals surface area contributed by atoms with Crippen molar-refractivity contribution in [1.82, 2.24) is 14.8 Å². The highest BCUT2D eigenvalue weighted by atomic mass is 32.2. The van der Waals surface area contributed by atoms with Gasteiger partial charge in [-0.1, -0.05) is 12.1 Å². The number of halogens is 1. The van der Waals surface area contributed by atoms with Gasteiger partial charge in [-0.05, 0) is 12.1 Å². The van der Waals surface area contributed by atoms with Crippen LogP contribution in [-0.4, -0.2) is 23.2 Å². The Bertz CT molecular complexity index is 666. The summed E-state index contributed by atoms with van der Waals surface area (Å²) in [5.74, 6) is -0.871. The molecule has 0 radical (unpaired) electrons. The van der Waals surface area contributed by atoms with Crippen LogP contribution < -0.4 is 10.9 Å². The molecular weight excluding hydrogens is 249 g/mol. The summed E-state index contributed by atoms with van der Waals surface area (Å²) >= 11 is 0. The number of hydrogen-bond donors (Lipinski definition) is 2. The minimum atomic E-state index is -4.07. The van der Waals surface area contributed by atoms with Gasteiger partial charge in [-0.25, -0.2) is 17.9 Å². The zero-order valence-electron chi connectivity index (χ0n) is 8.41. The van der Waals surface area contributed by atoms with Gasteiger partial charge in [0.1, 0.15) is 11.5 Å². The van der Waals surface area contributed by atoms with E-state index >= 15 is 0 Å². The number of benzene rings is 1. The van der Waals surface area contributed by atoms with Gasteiger partial charge in [0.05, 0.1) is 0 Å². The summed E-state index contributed by atoms with van der Waals surface area (Å²) in [6.07, 6.45) is 0. The van der Waals surface area contributed by atoms with Crippen LogP contribution >= 0.6 is 0 Å². The molecule has 9 heteroatoms. The molecule has 2 aromatic rings. The lowest BCUT2D eigenvalue weighted by Gasteiger charge is -2.02. The Labute approximate surface area is 95.9 Å². The van der Waals surface area contributed by atoms with Crippen molar-refractivity contribution in [2.75, 3.05) is 5.73 Å². The largest absolute Gasteiger partial charge is 0.368 e. The SMILES string of the molecule is Nc1nc(S(N)(=O)=O)nn1-c1ccccc1F. The number of aromatic nitrogens is 3. The topological polar surface area (TPSA) is 117 Å². The molecule has 90 valence electrons. The van der Waals surface area contributed by atoms with E-state index in [0.717, 1.165) is 4.68 Å². The Hall–Kier alpha value is -2.00. The maximum Gasteiger partial charge on any atom is 0.284 e. The summed E-state index contributed by atoms with van der Waals surface area (Å²) in [4.78, 5) is 3.45. The first-order valence-electron chi connectivity index (χ1n) is 4.40. The third kappa shape index (κ3) is 2.10. The van der Waals surface area contributed by atoms with Gasteiger partial charge in [0.25, 0.3) is 15.2 Å². The summed E-state index contributed by atoms with van der Waals surface area (Å²) in [6, 6.07) is 5.60. The molecule has 0 fully saturated rings. The summed E-state index contributed by atoms with van der Waals surface area (Å²) in [5, 5.41) is 7.73. The number of hydrogen-bond acceptors (Lipinski definition) is 5. The minimum Gasteiger partial charge on any atom is -0.368 e. The van der Waals surface area contributed by atoms with E-state index in [9.17, 15) is 12.8 Å². The zero-order chi connectivity index (χ0) is 12.6. The van der Waals surface area contributed by atoms with E-state index in [-0.39, 0.29) is 11.6 Å². The highest BCUT2D eigenvalue weighted by molar-refractivity contribution is 7.89. The van der Waals surface area contributed by atoms with Gasteiger partial charge < -0.3 is 5.73 Å². The van der Waals surface area contributed by atoms with Gasteiger partial charge in [0.15, 0.2) is 0 Å². The van der Waals surface area contributed by atoms with Crippen molar-refractivity contribution in [3.63, 3.8) is 0 Å². The van der Waals surface area contributed by atoms with Crippen LogP contribution in [0.25, 0.3) is 5.69 Å². The standard InChI is InChI=1S/C8H8FN5O2S/c9-5-3-1-2-4-6(5)14-7(10)12-8(13-14)17(11,15)16/h1-4H,(H2,10,12,13)(H2,11,15,16). The molecule has 0 amide bonds. The number of nitrogen functional groups attached to an aromatic ring is 1. The maximum absolute atomic E-state index is 13.4. The molecule has 0 spiro atoms. The molecule has 0 bridgehead atoms. The Morgan fingerprint density at radius 1 is 1.29 bits per heavy atom.